The highest BCUT2D eigenvalue weighted by atomic mass is 79.9. The van der Waals surface area contributed by atoms with Crippen molar-refractivity contribution in [2.24, 2.45) is 0 Å². The summed E-state index contributed by atoms with van der Waals surface area (Å²) < 4.78 is 10.5. The first-order chi connectivity index (χ1) is 20.5. The molecule has 10 heteroatoms. The molecule has 2 saturated heterocycles. The molecule has 0 saturated carbocycles. The summed E-state index contributed by atoms with van der Waals surface area (Å²) >= 11 is 0. The topological polar surface area (TPSA) is 79.4 Å². The molecule has 0 spiro atoms. The number of hydrazine groups is 1. The molecule has 2 fully saturated rings. The number of carbonyl (C=O) groups is 3. The molecule has 0 radical (unpaired) electrons. The Morgan fingerprint density at radius 2 is 1.14 bits per heavy atom. The van der Waals surface area contributed by atoms with E-state index in [1.807, 2.05) is 59.5 Å². The zero-order valence-corrected chi connectivity index (χ0v) is 26.3. The zero-order chi connectivity index (χ0) is 29.5. The third kappa shape index (κ3) is 6.24. The fourth-order valence-corrected chi connectivity index (χ4v) is 10.9. The highest BCUT2D eigenvalue weighted by Crippen LogP contribution is 2.62. The van der Waals surface area contributed by atoms with Gasteiger partial charge in [-0.2, -0.15) is 0 Å². The van der Waals surface area contributed by atoms with Gasteiger partial charge in [0.25, 0.3) is 5.91 Å². The summed E-state index contributed by atoms with van der Waals surface area (Å²) in [4.78, 5) is 42.3. The van der Waals surface area contributed by atoms with E-state index in [1.165, 1.54) is 22.2 Å². The van der Waals surface area contributed by atoms with Gasteiger partial charge in [-0.1, -0.05) is 79.9 Å². The molecule has 0 aromatic heterocycles. The van der Waals surface area contributed by atoms with Crippen molar-refractivity contribution in [2.75, 3.05) is 32.8 Å². The van der Waals surface area contributed by atoms with Crippen LogP contribution in [0.1, 0.15) is 6.42 Å². The van der Waals surface area contributed by atoms with Crippen LogP contribution in [-0.4, -0.2) is 77.6 Å². The smallest absolute Gasteiger partial charge is 0.429 e. The number of benzene rings is 3. The molecule has 2 heterocycles. The molecule has 2 aliphatic heterocycles. The van der Waals surface area contributed by atoms with Crippen LogP contribution in [0.5, 0.6) is 0 Å². The number of hydrogen-bond donors (Lipinski definition) is 0. The summed E-state index contributed by atoms with van der Waals surface area (Å²) in [7, 11) is -2.46. The maximum atomic E-state index is 14.6. The van der Waals surface area contributed by atoms with Crippen LogP contribution in [0.3, 0.4) is 0 Å². The van der Waals surface area contributed by atoms with E-state index in [-0.39, 0.29) is 54.9 Å². The number of rotatable bonds is 9. The fraction of sp³-hybridized carbons (Fsp3) is 0.242. The van der Waals surface area contributed by atoms with Crippen molar-refractivity contribution < 1.29 is 40.8 Å². The first-order valence-electron chi connectivity index (χ1n) is 14.0. The molecule has 0 N–H and O–H groups in total. The summed E-state index contributed by atoms with van der Waals surface area (Å²) in [5, 5.41) is 5.84. The van der Waals surface area contributed by atoms with Gasteiger partial charge in [0.2, 0.25) is 0 Å². The summed E-state index contributed by atoms with van der Waals surface area (Å²) in [6.07, 6.45) is 2.16. The molecule has 3 aromatic rings. The molecule has 3 amide bonds. The van der Waals surface area contributed by atoms with Crippen molar-refractivity contribution >= 4 is 41.3 Å². The molecule has 224 valence electrons. The van der Waals surface area contributed by atoms with Crippen LogP contribution in [0.25, 0.3) is 0 Å². The Bertz CT molecular complexity index is 1300. The lowest BCUT2D eigenvalue weighted by Gasteiger charge is -2.32. The number of halogens is 1. The minimum absolute atomic E-state index is 0. The van der Waals surface area contributed by atoms with Gasteiger partial charge in [-0.15, -0.1) is 0 Å². The van der Waals surface area contributed by atoms with E-state index in [0.717, 1.165) is 15.9 Å². The van der Waals surface area contributed by atoms with Crippen LogP contribution in [0, 0.1) is 0 Å². The lowest BCUT2D eigenvalue weighted by molar-refractivity contribution is -0.129. The lowest BCUT2D eigenvalue weighted by Crippen LogP contribution is -3.00. The van der Waals surface area contributed by atoms with Crippen LogP contribution in [-0.2, 0) is 14.3 Å². The molecule has 1 atom stereocenters. The fourth-order valence-electron chi connectivity index (χ4n) is 5.99. The lowest BCUT2D eigenvalue weighted by atomic mass is 10.3. The summed E-state index contributed by atoms with van der Waals surface area (Å²) in [6.45, 7) is 7.91. The van der Waals surface area contributed by atoms with Crippen LogP contribution in [0.15, 0.2) is 116 Å². The molecule has 0 bridgehead atoms. The van der Waals surface area contributed by atoms with Gasteiger partial charge in [-0.25, -0.2) is 19.6 Å². The second-order valence-electron chi connectivity index (χ2n) is 10.1. The highest BCUT2D eigenvalue weighted by molar-refractivity contribution is 7.96. The van der Waals surface area contributed by atoms with E-state index in [2.05, 4.69) is 49.6 Å². The maximum Gasteiger partial charge on any atom is 0.429 e. The Balaban J connectivity index is 0.00000423. The second kappa shape index (κ2) is 14.5. The number of hydrogen-bond acceptors (Lipinski definition) is 5. The Hall–Kier alpha value is -3.94. The van der Waals surface area contributed by atoms with E-state index >= 15 is 0 Å². The predicted octanol–water partition coefficient (Wildman–Crippen LogP) is 1.13. The van der Waals surface area contributed by atoms with Gasteiger partial charge >= 0.3 is 12.2 Å². The summed E-state index contributed by atoms with van der Waals surface area (Å²) in [5.74, 6) is 0.0191. The van der Waals surface area contributed by atoms with Crippen LogP contribution >= 0.6 is 7.26 Å². The van der Waals surface area contributed by atoms with Crippen molar-refractivity contribution in [1.82, 2.24) is 14.9 Å². The zero-order valence-electron chi connectivity index (χ0n) is 23.8. The van der Waals surface area contributed by atoms with Gasteiger partial charge in [0, 0.05) is 13.0 Å². The van der Waals surface area contributed by atoms with E-state index < -0.39 is 25.5 Å². The minimum atomic E-state index is -2.46. The number of likely N-dealkylation sites (tertiary alicyclic amines) is 1. The molecule has 8 nitrogen and oxygen atoms in total. The quantitative estimate of drug-likeness (QED) is 0.254. The van der Waals surface area contributed by atoms with Crippen molar-refractivity contribution in [2.45, 2.75) is 18.1 Å². The van der Waals surface area contributed by atoms with E-state index in [9.17, 15) is 14.4 Å². The standard InChI is InChI=1S/C33H35N3O5P.BrH/c1-3-22-40-32(38)35-24-26(25-36(35)33(39)41-23-4-2)34-21-20-30(31(34)37)42(27-14-8-5-9-15-27,28-16-10-6-11-17-28)29-18-12-7-13-19-29;/h3-19,26,30H,1-2,20-25H2;1H/q+1;/p-1. The SMILES string of the molecule is C=CCOC(=O)N1CC(N2CCC([P+](c3ccccc3)(c3ccccc3)c3ccccc3)C2=O)CN1C(=O)OCC=C.[Br-]. The highest BCUT2D eigenvalue weighted by Gasteiger charge is 2.60. The van der Waals surface area contributed by atoms with E-state index in [4.69, 9.17) is 9.47 Å². The summed E-state index contributed by atoms with van der Waals surface area (Å²) in [5.41, 5.74) is -0.312. The Kier molecular flexibility index (Phi) is 10.8. The Morgan fingerprint density at radius 1 is 0.744 bits per heavy atom. The monoisotopic (exact) mass is 663 g/mol. The minimum Gasteiger partial charge on any atom is -1.00 e. The third-order valence-electron chi connectivity index (χ3n) is 7.74. The molecule has 5 rings (SSSR count). The molecule has 3 aromatic carbocycles. The average molecular weight is 665 g/mol. The largest absolute Gasteiger partial charge is 1.00 e. The van der Waals surface area contributed by atoms with Crippen LogP contribution < -0.4 is 32.9 Å². The van der Waals surface area contributed by atoms with Gasteiger partial charge in [-0.05, 0) is 36.4 Å². The van der Waals surface area contributed by atoms with Gasteiger partial charge < -0.3 is 31.4 Å². The first-order valence-corrected chi connectivity index (χ1v) is 15.8. The number of nitrogens with zero attached hydrogens (tertiary/aromatic N) is 3. The Morgan fingerprint density at radius 3 is 1.51 bits per heavy atom. The van der Waals surface area contributed by atoms with Crippen LogP contribution in [0.4, 0.5) is 9.59 Å². The molecule has 1 unspecified atom stereocenters. The number of amides is 3. The van der Waals surface area contributed by atoms with E-state index in [1.54, 1.807) is 0 Å². The Labute approximate surface area is 263 Å². The second-order valence-corrected chi connectivity index (χ2v) is 13.7. The third-order valence-corrected chi connectivity index (χ3v) is 12.5. The van der Waals surface area contributed by atoms with Crippen molar-refractivity contribution in [3.8, 4) is 0 Å². The van der Waals surface area contributed by atoms with Crippen molar-refractivity contribution in [1.29, 1.82) is 0 Å². The van der Waals surface area contributed by atoms with Crippen molar-refractivity contribution in [3.05, 3.63) is 116 Å². The molecule has 0 aliphatic carbocycles. The van der Waals surface area contributed by atoms with Crippen LogP contribution in [0.2, 0.25) is 0 Å². The van der Waals surface area contributed by atoms with Gasteiger partial charge in [0.1, 0.15) is 36.4 Å². The molecule has 43 heavy (non-hydrogen) atoms. The van der Waals surface area contributed by atoms with E-state index in [0.29, 0.717) is 13.0 Å². The van der Waals surface area contributed by atoms with Gasteiger partial charge in [0.15, 0.2) is 5.66 Å². The molecular formula is C33H35BrN3O5P. The molecule has 2 aliphatic rings. The number of ether oxygens (including phenoxy) is 2. The summed E-state index contributed by atoms with van der Waals surface area (Å²) in [6, 6.07) is 30.6. The first kappa shape index (κ1) is 32.0. The molecular weight excluding hydrogens is 629 g/mol. The maximum absolute atomic E-state index is 14.6. The van der Waals surface area contributed by atoms with Gasteiger partial charge in [0.05, 0.1) is 19.1 Å². The van der Waals surface area contributed by atoms with Crippen molar-refractivity contribution in [3.63, 3.8) is 0 Å². The average Bonchev–Trinajstić information content (AvgIpc) is 3.65. The normalized spacial score (nSPS) is 16.9. The predicted molar refractivity (Wildman–Crippen MR) is 166 cm³/mol. The number of carbonyl (C=O) groups excluding carboxylic acids is 3. The van der Waals surface area contributed by atoms with Gasteiger partial charge in [-0.3, -0.25) is 4.79 Å².